The molecule has 0 aliphatic carbocycles. The number of unbranched alkanes of at least 4 members (excludes halogenated alkanes) is 1. The lowest BCUT2D eigenvalue weighted by Crippen LogP contribution is -2.46. The number of H-pyrrole nitrogens is 1. The van der Waals surface area contributed by atoms with E-state index >= 15 is 0 Å². The van der Waals surface area contributed by atoms with Gasteiger partial charge in [-0.15, -0.1) is 0 Å². The topological polar surface area (TPSA) is 308 Å². The second-order valence-electron chi connectivity index (χ2n) is 15.1. The molecule has 66 heavy (non-hydrogen) atoms. The van der Waals surface area contributed by atoms with Crippen molar-refractivity contribution in [1.29, 1.82) is 0 Å². The Morgan fingerprint density at radius 2 is 1.62 bits per heavy atom. The highest BCUT2D eigenvalue weighted by atomic mass is 31.2. The van der Waals surface area contributed by atoms with Gasteiger partial charge in [0.15, 0.2) is 16.9 Å². The number of fused-ring (bicyclic) bond motifs is 3. The summed E-state index contributed by atoms with van der Waals surface area (Å²) in [5.41, 5.74) is 0.842. The molecule has 2 unspecified atom stereocenters. The summed E-state index contributed by atoms with van der Waals surface area (Å²) in [6.07, 6.45) is 4.24. The summed E-state index contributed by atoms with van der Waals surface area (Å²) in [6.45, 7) is 3.82. The molecule has 350 valence electrons. The van der Waals surface area contributed by atoms with E-state index in [1.54, 1.807) is 37.0 Å². The molecule has 6 rings (SSSR count). The molecular weight excluding hydrogens is 883 g/mol. The molecule has 0 radical (unpaired) electrons. The Balaban J connectivity index is 1.12. The summed E-state index contributed by atoms with van der Waals surface area (Å²) in [5.74, 6) is -7.83. The van der Waals surface area contributed by atoms with Crippen LogP contribution in [0.4, 0.5) is 11.6 Å². The van der Waals surface area contributed by atoms with Crippen molar-refractivity contribution in [2.24, 2.45) is 11.8 Å². The molecular formula is C43H49N8O14P. The standard InChI is InChI=1S/C43H49N8O14P/c1-3-63-66(61,64-4-2)65-21-9-8-20-62-42(60)33-30-17-18-31(52)36(51(30)24-25-10-6-5-7-11-25)34(33)39(56)49-43-48-37-35(40(57)50-43)46-28(23-45-37)22-44-27-14-12-26(13-15-27)38(55)47-29(41(58)59)16-19-32(53)54/h5-7,10-15,17-18,23,29-30,33-34,36,44H,3-4,8-9,16,19-22,24H2,1-2H3,(H,47,55)(H,53,54)(H,58,59)(H2,45,48,49,50,56,57)/t29-,30-,33?,34?,36+/m0/s1. The number of anilines is 2. The van der Waals surface area contributed by atoms with E-state index in [4.69, 9.17) is 23.4 Å². The lowest BCUT2D eigenvalue weighted by molar-refractivity contribution is -0.152. The minimum atomic E-state index is -3.72. The third kappa shape index (κ3) is 12.3. The molecule has 23 heteroatoms. The van der Waals surface area contributed by atoms with Crippen LogP contribution in [0.2, 0.25) is 0 Å². The van der Waals surface area contributed by atoms with Gasteiger partial charge in [-0.1, -0.05) is 36.4 Å². The van der Waals surface area contributed by atoms with Crippen LogP contribution in [0.25, 0.3) is 11.2 Å². The summed E-state index contributed by atoms with van der Waals surface area (Å²) < 4.78 is 33.9. The second-order valence-corrected chi connectivity index (χ2v) is 16.7. The Morgan fingerprint density at radius 1 is 0.909 bits per heavy atom. The predicted octanol–water partition coefficient (Wildman–Crippen LogP) is 3.46. The van der Waals surface area contributed by atoms with E-state index in [1.165, 1.54) is 24.4 Å². The van der Waals surface area contributed by atoms with Gasteiger partial charge in [0.25, 0.3) is 11.5 Å². The van der Waals surface area contributed by atoms with Crippen molar-refractivity contribution >= 4 is 66.1 Å². The van der Waals surface area contributed by atoms with Gasteiger partial charge < -0.3 is 25.6 Å². The molecule has 4 aromatic rings. The van der Waals surface area contributed by atoms with E-state index in [-0.39, 0.29) is 68.6 Å². The predicted molar refractivity (Wildman–Crippen MR) is 234 cm³/mol. The molecule has 2 aromatic heterocycles. The van der Waals surface area contributed by atoms with Crippen molar-refractivity contribution in [2.45, 2.75) is 70.7 Å². The van der Waals surface area contributed by atoms with Crippen molar-refractivity contribution in [1.82, 2.24) is 30.2 Å². The molecule has 22 nitrogen and oxygen atoms in total. The molecule has 4 heterocycles. The number of rotatable bonds is 24. The lowest BCUT2D eigenvalue weighted by atomic mass is 9.86. The van der Waals surface area contributed by atoms with Crippen LogP contribution < -0.4 is 21.5 Å². The summed E-state index contributed by atoms with van der Waals surface area (Å²) >= 11 is 0. The monoisotopic (exact) mass is 932 g/mol. The fraction of sp³-hybridized carbons (Fsp3) is 0.395. The molecule has 2 aliphatic rings. The first-order valence-corrected chi connectivity index (χ1v) is 22.5. The highest BCUT2D eigenvalue weighted by Crippen LogP contribution is 2.49. The Morgan fingerprint density at radius 3 is 2.30 bits per heavy atom. The molecule has 1 saturated heterocycles. The number of ketones is 1. The maximum absolute atomic E-state index is 14.3. The van der Waals surface area contributed by atoms with E-state index < -0.39 is 85.3 Å². The minimum absolute atomic E-state index is 0.00824. The van der Waals surface area contributed by atoms with Gasteiger partial charge in [-0.25, -0.2) is 19.3 Å². The van der Waals surface area contributed by atoms with Crippen LogP contribution in [0.1, 0.15) is 61.1 Å². The number of phosphoric acid groups is 1. The molecule has 5 atom stereocenters. The number of benzene rings is 2. The van der Waals surface area contributed by atoms with Crippen molar-refractivity contribution in [3.05, 3.63) is 100 Å². The van der Waals surface area contributed by atoms with Crippen LogP contribution in [0.3, 0.4) is 0 Å². The van der Waals surface area contributed by atoms with Crippen molar-refractivity contribution < 1.29 is 61.9 Å². The number of aromatic amines is 1. The molecule has 2 amide bonds. The average molecular weight is 933 g/mol. The van der Waals surface area contributed by atoms with Crippen LogP contribution in [0, 0.1) is 11.8 Å². The Kier molecular flexibility index (Phi) is 16.6. The number of carbonyl (C=O) groups excluding carboxylic acids is 4. The first kappa shape index (κ1) is 48.7. The first-order valence-electron chi connectivity index (χ1n) is 21.1. The number of carboxylic acids is 2. The number of phosphoric ester groups is 1. The highest BCUT2D eigenvalue weighted by molar-refractivity contribution is 7.48. The van der Waals surface area contributed by atoms with Gasteiger partial charge in [-0.3, -0.25) is 57.5 Å². The van der Waals surface area contributed by atoms with E-state index in [2.05, 4.69) is 35.9 Å². The Hall–Kier alpha value is -6.71. The maximum atomic E-state index is 14.3. The molecule has 2 bridgehead atoms. The zero-order valence-corrected chi connectivity index (χ0v) is 36.8. The lowest BCUT2D eigenvalue weighted by Gasteiger charge is -2.31. The van der Waals surface area contributed by atoms with Gasteiger partial charge in [0.2, 0.25) is 11.9 Å². The van der Waals surface area contributed by atoms with Gasteiger partial charge in [0, 0.05) is 30.3 Å². The van der Waals surface area contributed by atoms with Gasteiger partial charge in [-0.2, -0.15) is 4.98 Å². The van der Waals surface area contributed by atoms with Gasteiger partial charge in [0.1, 0.15) is 6.04 Å². The Bertz CT molecular complexity index is 2550. The third-order valence-electron chi connectivity index (χ3n) is 10.6. The third-order valence-corrected chi connectivity index (χ3v) is 12.2. The number of nitrogens with one attached hydrogen (secondary N) is 4. The van der Waals surface area contributed by atoms with Gasteiger partial charge in [0.05, 0.1) is 62.7 Å². The van der Waals surface area contributed by atoms with Crippen LogP contribution in [0.5, 0.6) is 0 Å². The van der Waals surface area contributed by atoms with E-state index in [0.29, 0.717) is 24.2 Å². The van der Waals surface area contributed by atoms with Gasteiger partial charge >= 0.3 is 25.7 Å². The normalized spacial score (nSPS) is 18.4. The first-order chi connectivity index (χ1) is 31.7. The quantitative estimate of drug-likeness (QED) is 0.0333. The summed E-state index contributed by atoms with van der Waals surface area (Å²) in [5, 5.41) is 26.2. The molecule has 2 aliphatic heterocycles. The number of hydrogen-bond donors (Lipinski definition) is 6. The number of aliphatic carboxylic acids is 2. The summed E-state index contributed by atoms with van der Waals surface area (Å²) in [7, 11) is -3.72. The zero-order chi connectivity index (χ0) is 47.4. The van der Waals surface area contributed by atoms with Crippen LogP contribution in [-0.4, -0.2) is 115 Å². The largest absolute Gasteiger partial charge is 0.481 e. The minimum Gasteiger partial charge on any atom is -0.481 e. The number of hydrogen-bond acceptors (Lipinski definition) is 17. The number of aromatic nitrogens is 4. The number of nitrogens with zero attached hydrogens (tertiary/aromatic N) is 4. The number of esters is 1. The number of ether oxygens (including phenoxy) is 1. The Labute approximate surface area is 377 Å². The van der Waals surface area contributed by atoms with Crippen LogP contribution >= 0.6 is 7.82 Å². The number of carboxylic acid groups (broad SMARTS) is 2. The number of amides is 2. The number of carbonyl (C=O) groups is 6. The zero-order valence-electron chi connectivity index (χ0n) is 35.9. The molecule has 2 aromatic carbocycles. The van der Waals surface area contributed by atoms with E-state index in [1.807, 2.05) is 30.3 Å². The SMILES string of the molecule is CCOP(=O)(OCC)OCCCCOC(=O)C1C(C(=O)Nc2nc3ncc(CNc4ccc(C(=O)N[C@@H](CCC(=O)O)C(=O)O)cc4)nc3c(=O)[nH]2)[C@H]2C(=O)C=C[C@@H]1N2Cc1ccccc1. The van der Waals surface area contributed by atoms with E-state index in [9.17, 15) is 43.2 Å². The molecule has 1 fully saturated rings. The molecule has 0 saturated carbocycles. The maximum Gasteiger partial charge on any atom is 0.474 e. The summed E-state index contributed by atoms with van der Waals surface area (Å²) in [4.78, 5) is 107. The van der Waals surface area contributed by atoms with Crippen molar-refractivity contribution in [3.8, 4) is 0 Å². The van der Waals surface area contributed by atoms with Gasteiger partial charge in [-0.05, 0) is 69.0 Å². The molecule has 6 N–H and O–H groups in total. The van der Waals surface area contributed by atoms with Crippen molar-refractivity contribution in [3.63, 3.8) is 0 Å². The van der Waals surface area contributed by atoms with Crippen LogP contribution in [-0.2, 0) is 59.9 Å². The smallest absolute Gasteiger partial charge is 0.474 e. The second kappa shape index (κ2) is 22.5. The van der Waals surface area contributed by atoms with Crippen LogP contribution in [0.15, 0.2) is 77.7 Å². The molecule has 0 spiro atoms. The summed E-state index contributed by atoms with van der Waals surface area (Å²) in [6, 6.07) is 12.1. The van der Waals surface area contributed by atoms with E-state index in [0.717, 1.165) is 5.56 Å². The fourth-order valence-corrected chi connectivity index (χ4v) is 8.74. The fourth-order valence-electron chi connectivity index (χ4n) is 7.53. The average Bonchev–Trinajstić information content (AvgIpc) is 3.52. The van der Waals surface area contributed by atoms with Crippen molar-refractivity contribution in [2.75, 3.05) is 37.1 Å². The highest BCUT2D eigenvalue weighted by Gasteiger charge is 2.58.